The largest absolute Gasteiger partial charge is 0.496 e. The molecule has 1 N–H and O–H groups in total. The third-order valence-electron chi connectivity index (χ3n) is 6.64. The highest BCUT2D eigenvalue weighted by atomic mass is 35.5. The SMILES string of the molecule is COc1ccc2cc(C(=O)N[C@@H]3C4CCN(CC4)C34CC4)sc2c1C(F)(F)F.Cl. The van der Waals surface area contributed by atoms with E-state index in [-0.39, 0.29) is 40.3 Å². The lowest BCUT2D eigenvalue weighted by Crippen LogP contribution is -2.65. The molecule has 6 rings (SSSR count). The van der Waals surface area contributed by atoms with Crippen molar-refractivity contribution >= 4 is 39.7 Å². The first-order chi connectivity index (χ1) is 13.3. The number of methoxy groups -OCH3 is 1. The Bertz CT molecular complexity index is 949. The Morgan fingerprint density at radius 1 is 1.28 bits per heavy atom. The molecule has 1 aliphatic carbocycles. The van der Waals surface area contributed by atoms with E-state index in [1.54, 1.807) is 12.1 Å². The van der Waals surface area contributed by atoms with Gasteiger partial charge in [-0.1, -0.05) is 0 Å². The minimum absolute atomic E-state index is 0. The van der Waals surface area contributed by atoms with Crippen LogP contribution in [0.1, 0.15) is 40.9 Å². The molecule has 1 atom stereocenters. The first kappa shape index (κ1) is 20.8. The highest BCUT2D eigenvalue weighted by Crippen LogP contribution is 2.54. The van der Waals surface area contributed by atoms with Crippen LogP contribution in [-0.4, -0.2) is 42.6 Å². The van der Waals surface area contributed by atoms with Gasteiger partial charge in [-0.3, -0.25) is 9.69 Å². The zero-order valence-electron chi connectivity index (χ0n) is 15.8. The lowest BCUT2D eigenvalue weighted by Gasteiger charge is -2.52. The number of carbonyl (C=O) groups excluding carboxylic acids is 1. The molecule has 1 saturated carbocycles. The minimum Gasteiger partial charge on any atom is -0.496 e. The fourth-order valence-corrected chi connectivity index (χ4v) is 6.29. The molecule has 4 heterocycles. The predicted molar refractivity (Wildman–Crippen MR) is 108 cm³/mol. The van der Waals surface area contributed by atoms with Crippen LogP contribution in [0.5, 0.6) is 5.75 Å². The number of rotatable bonds is 3. The molecule has 3 saturated heterocycles. The van der Waals surface area contributed by atoms with Gasteiger partial charge < -0.3 is 10.1 Å². The van der Waals surface area contributed by atoms with Crippen molar-refractivity contribution in [1.82, 2.24) is 10.2 Å². The van der Waals surface area contributed by atoms with Gasteiger partial charge in [0.1, 0.15) is 11.3 Å². The highest BCUT2D eigenvalue weighted by molar-refractivity contribution is 7.21. The summed E-state index contributed by atoms with van der Waals surface area (Å²) in [5.74, 6) is -0.0156. The molecule has 9 heteroatoms. The molecule has 29 heavy (non-hydrogen) atoms. The summed E-state index contributed by atoms with van der Waals surface area (Å²) in [6.45, 7) is 2.18. The van der Waals surface area contributed by atoms with E-state index in [9.17, 15) is 18.0 Å². The van der Waals surface area contributed by atoms with Crippen molar-refractivity contribution in [2.75, 3.05) is 20.2 Å². The van der Waals surface area contributed by atoms with Gasteiger partial charge >= 0.3 is 6.18 Å². The second-order valence-corrected chi connectivity index (χ2v) is 9.10. The molecule has 1 aromatic carbocycles. The maximum atomic E-state index is 13.6. The quantitative estimate of drug-likeness (QED) is 0.742. The Morgan fingerprint density at radius 3 is 2.55 bits per heavy atom. The molecule has 1 spiro atoms. The van der Waals surface area contributed by atoms with Crippen molar-refractivity contribution in [3.63, 3.8) is 0 Å². The summed E-state index contributed by atoms with van der Waals surface area (Å²) in [5, 5.41) is 3.60. The number of fused-ring (bicyclic) bond motifs is 3. The fourth-order valence-electron chi connectivity index (χ4n) is 5.17. The number of hydrogen-bond acceptors (Lipinski definition) is 4. The second kappa shape index (κ2) is 7.03. The van der Waals surface area contributed by atoms with Gasteiger partial charge in [0.25, 0.3) is 5.91 Å². The molecule has 1 amide bonds. The van der Waals surface area contributed by atoms with E-state index < -0.39 is 11.7 Å². The van der Waals surface area contributed by atoms with Crippen molar-refractivity contribution < 1.29 is 22.7 Å². The van der Waals surface area contributed by atoms with E-state index in [2.05, 4.69) is 10.2 Å². The van der Waals surface area contributed by atoms with E-state index in [4.69, 9.17) is 4.74 Å². The second-order valence-electron chi connectivity index (χ2n) is 8.05. The van der Waals surface area contributed by atoms with Crippen LogP contribution in [0.25, 0.3) is 10.1 Å². The number of piperidine rings is 3. The van der Waals surface area contributed by atoms with Crippen LogP contribution in [0.2, 0.25) is 0 Å². The molecule has 1 aromatic heterocycles. The van der Waals surface area contributed by atoms with E-state index >= 15 is 0 Å². The Hall–Kier alpha value is -1.51. The summed E-state index contributed by atoms with van der Waals surface area (Å²) < 4.78 is 45.7. The summed E-state index contributed by atoms with van der Waals surface area (Å²) in [4.78, 5) is 15.8. The molecule has 0 unspecified atom stereocenters. The van der Waals surface area contributed by atoms with Gasteiger partial charge in [-0.2, -0.15) is 13.2 Å². The minimum atomic E-state index is -4.54. The lowest BCUT2D eigenvalue weighted by atomic mass is 9.77. The number of carbonyl (C=O) groups is 1. The van der Waals surface area contributed by atoms with Crippen LogP contribution in [0.15, 0.2) is 18.2 Å². The average molecular weight is 447 g/mol. The maximum absolute atomic E-state index is 13.6. The molecular formula is C20H22ClF3N2O2S. The topological polar surface area (TPSA) is 41.6 Å². The van der Waals surface area contributed by atoms with Crippen molar-refractivity contribution in [1.29, 1.82) is 0 Å². The predicted octanol–water partition coefficient (Wildman–Crippen LogP) is 4.71. The number of ether oxygens (including phenoxy) is 1. The maximum Gasteiger partial charge on any atom is 0.421 e. The van der Waals surface area contributed by atoms with Gasteiger partial charge in [0, 0.05) is 5.54 Å². The number of nitrogens with one attached hydrogen (secondary N) is 1. The number of thiophene rings is 1. The molecular weight excluding hydrogens is 425 g/mol. The Balaban J connectivity index is 0.00000205. The van der Waals surface area contributed by atoms with Gasteiger partial charge in [-0.05, 0) is 68.3 Å². The van der Waals surface area contributed by atoms with Crippen LogP contribution in [0, 0.1) is 5.92 Å². The van der Waals surface area contributed by atoms with Gasteiger partial charge in [0.15, 0.2) is 0 Å². The van der Waals surface area contributed by atoms with Crippen molar-refractivity contribution in [2.24, 2.45) is 5.92 Å². The van der Waals surface area contributed by atoms with E-state index in [0.717, 1.165) is 50.1 Å². The van der Waals surface area contributed by atoms with Crippen LogP contribution in [0.3, 0.4) is 0 Å². The zero-order valence-corrected chi connectivity index (χ0v) is 17.5. The van der Waals surface area contributed by atoms with Crippen molar-refractivity contribution in [3.8, 4) is 5.75 Å². The fraction of sp³-hybridized carbons (Fsp3) is 0.550. The third-order valence-corrected chi connectivity index (χ3v) is 7.81. The van der Waals surface area contributed by atoms with E-state index in [1.807, 2.05) is 0 Å². The van der Waals surface area contributed by atoms with Gasteiger partial charge in [0.05, 0.1) is 22.7 Å². The molecule has 2 bridgehead atoms. The van der Waals surface area contributed by atoms with Crippen LogP contribution < -0.4 is 10.1 Å². The summed E-state index contributed by atoms with van der Waals surface area (Å²) >= 11 is 0.892. The normalized spacial score (nSPS) is 27.0. The molecule has 3 aliphatic heterocycles. The smallest absolute Gasteiger partial charge is 0.421 e. The number of hydrogen-bond donors (Lipinski definition) is 1. The monoisotopic (exact) mass is 446 g/mol. The van der Waals surface area contributed by atoms with Crippen molar-refractivity contribution in [2.45, 2.75) is 43.4 Å². The molecule has 4 nitrogen and oxygen atoms in total. The number of benzene rings is 1. The average Bonchev–Trinajstić information content (AvgIpc) is 3.32. The Labute approximate surface area is 176 Å². The number of nitrogens with zero attached hydrogens (tertiary/aromatic N) is 1. The third kappa shape index (κ3) is 3.20. The summed E-state index contributed by atoms with van der Waals surface area (Å²) in [7, 11) is 1.22. The van der Waals surface area contributed by atoms with Gasteiger partial charge in [-0.25, -0.2) is 0 Å². The highest BCUT2D eigenvalue weighted by Gasteiger charge is 2.60. The molecule has 4 aliphatic rings. The lowest BCUT2D eigenvalue weighted by molar-refractivity contribution is -0.137. The summed E-state index contributed by atoms with van der Waals surface area (Å²) in [6, 6.07) is 4.55. The van der Waals surface area contributed by atoms with Crippen LogP contribution in [0.4, 0.5) is 13.2 Å². The van der Waals surface area contributed by atoms with Crippen molar-refractivity contribution in [3.05, 3.63) is 28.6 Å². The van der Waals surface area contributed by atoms with E-state index in [0.29, 0.717) is 16.2 Å². The number of halogens is 4. The standard InChI is InChI=1S/C20H21F3N2O2S.ClH/c1-27-13-3-2-12-10-14(28-16(12)15(13)20(21,22)23)18(26)24-17-11-4-8-25(9-5-11)19(17)6-7-19;/h2-3,10-11,17H,4-9H2,1H3,(H,24,26);1H/t17-;/m1./s1. The summed E-state index contributed by atoms with van der Waals surface area (Å²) in [6.07, 6.45) is -0.201. The van der Waals surface area contributed by atoms with Gasteiger partial charge in [0.2, 0.25) is 0 Å². The van der Waals surface area contributed by atoms with Gasteiger partial charge in [-0.15, -0.1) is 23.7 Å². The Morgan fingerprint density at radius 2 is 1.97 bits per heavy atom. The van der Waals surface area contributed by atoms with E-state index in [1.165, 1.54) is 13.2 Å². The molecule has 4 fully saturated rings. The molecule has 2 aromatic rings. The summed E-state index contributed by atoms with van der Waals surface area (Å²) in [5.41, 5.74) is -0.716. The Kier molecular flexibility index (Phi) is 5.03. The van der Waals surface area contributed by atoms with Crippen LogP contribution >= 0.6 is 23.7 Å². The van der Waals surface area contributed by atoms with Crippen LogP contribution in [-0.2, 0) is 6.18 Å². The first-order valence-corrected chi connectivity index (χ1v) is 10.4. The number of amides is 1. The number of alkyl halides is 3. The first-order valence-electron chi connectivity index (χ1n) is 9.57. The zero-order chi connectivity index (χ0) is 19.7. The molecule has 0 radical (unpaired) electrons. The molecule has 158 valence electrons.